The number of aromatic nitrogens is 1. The first-order chi connectivity index (χ1) is 8.63. The van der Waals surface area contributed by atoms with Gasteiger partial charge in [-0.25, -0.2) is 4.39 Å². The van der Waals surface area contributed by atoms with Crippen LogP contribution in [0.2, 0.25) is 0 Å². The molecule has 3 nitrogen and oxygen atoms in total. The van der Waals surface area contributed by atoms with Crippen molar-refractivity contribution >= 4 is 5.97 Å². The fourth-order valence-corrected chi connectivity index (χ4v) is 2.95. The molecule has 1 saturated carbocycles. The van der Waals surface area contributed by atoms with Crippen LogP contribution in [0.5, 0.6) is 0 Å². The summed E-state index contributed by atoms with van der Waals surface area (Å²) in [5, 5.41) is 9.28. The third kappa shape index (κ3) is 2.52. The molecule has 1 aliphatic rings. The molecular weight excluding hydrogens is 233 g/mol. The van der Waals surface area contributed by atoms with Crippen LogP contribution in [-0.2, 0) is 4.79 Å². The fourth-order valence-electron chi connectivity index (χ4n) is 2.95. The SMILES string of the molecule is CCC1CCC(C(=O)O)C(c2ccncc2F)C1. The van der Waals surface area contributed by atoms with Gasteiger partial charge in [-0.15, -0.1) is 0 Å². The molecule has 2 rings (SSSR count). The summed E-state index contributed by atoms with van der Waals surface area (Å²) in [6, 6.07) is 1.62. The third-order valence-electron chi connectivity index (χ3n) is 4.06. The molecule has 18 heavy (non-hydrogen) atoms. The second-order valence-electron chi connectivity index (χ2n) is 5.04. The van der Waals surface area contributed by atoms with Crippen molar-refractivity contribution in [3.63, 3.8) is 0 Å². The molecule has 1 aromatic heterocycles. The molecule has 1 fully saturated rings. The minimum atomic E-state index is -0.814. The summed E-state index contributed by atoms with van der Waals surface area (Å²) in [6.45, 7) is 2.10. The van der Waals surface area contributed by atoms with Crippen LogP contribution in [0.1, 0.15) is 44.1 Å². The summed E-state index contributed by atoms with van der Waals surface area (Å²) in [5.41, 5.74) is 0.510. The van der Waals surface area contributed by atoms with Crippen molar-refractivity contribution in [3.8, 4) is 0 Å². The Hall–Kier alpha value is -1.45. The summed E-state index contributed by atoms with van der Waals surface area (Å²) in [5.74, 6) is -1.39. The molecule has 1 aliphatic carbocycles. The molecule has 98 valence electrons. The van der Waals surface area contributed by atoms with Gasteiger partial charge in [-0.3, -0.25) is 9.78 Å². The highest BCUT2D eigenvalue weighted by molar-refractivity contribution is 5.71. The van der Waals surface area contributed by atoms with Gasteiger partial charge in [0.05, 0.1) is 12.1 Å². The molecule has 0 aliphatic heterocycles. The Morgan fingerprint density at radius 2 is 2.33 bits per heavy atom. The lowest BCUT2D eigenvalue weighted by molar-refractivity contribution is -0.144. The normalized spacial score (nSPS) is 28.0. The highest BCUT2D eigenvalue weighted by Crippen LogP contribution is 2.42. The van der Waals surface area contributed by atoms with E-state index in [0.29, 0.717) is 17.9 Å². The lowest BCUT2D eigenvalue weighted by Gasteiger charge is -2.34. The highest BCUT2D eigenvalue weighted by Gasteiger charge is 2.36. The van der Waals surface area contributed by atoms with Crippen LogP contribution in [0.25, 0.3) is 0 Å². The first kappa shape index (κ1) is 13.0. The highest BCUT2D eigenvalue weighted by atomic mass is 19.1. The average molecular weight is 251 g/mol. The van der Waals surface area contributed by atoms with Crippen molar-refractivity contribution in [2.45, 2.75) is 38.5 Å². The third-order valence-corrected chi connectivity index (χ3v) is 4.06. The van der Waals surface area contributed by atoms with E-state index < -0.39 is 11.9 Å². The molecule has 1 heterocycles. The van der Waals surface area contributed by atoms with Gasteiger partial charge in [0.25, 0.3) is 0 Å². The van der Waals surface area contributed by atoms with E-state index in [2.05, 4.69) is 11.9 Å². The molecule has 0 amide bonds. The van der Waals surface area contributed by atoms with Crippen LogP contribution >= 0.6 is 0 Å². The number of carboxylic acid groups (broad SMARTS) is 1. The van der Waals surface area contributed by atoms with E-state index in [1.54, 1.807) is 6.07 Å². The number of aliphatic carboxylic acids is 1. The number of hydrogen-bond acceptors (Lipinski definition) is 2. The number of carbonyl (C=O) groups is 1. The predicted molar refractivity (Wildman–Crippen MR) is 65.7 cm³/mol. The number of halogens is 1. The van der Waals surface area contributed by atoms with E-state index in [1.807, 2.05) is 0 Å². The Kier molecular flexibility index (Phi) is 3.94. The topological polar surface area (TPSA) is 50.2 Å². The molecule has 0 spiro atoms. The molecule has 3 unspecified atom stereocenters. The number of hydrogen-bond donors (Lipinski definition) is 1. The number of carboxylic acids is 1. The summed E-state index contributed by atoms with van der Waals surface area (Å²) in [7, 11) is 0. The van der Waals surface area contributed by atoms with E-state index in [9.17, 15) is 14.3 Å². The van der Waals surface area contributed by atoms with E-state index in [-0.39, 0.29) is 11.7 Å². The van der Waals surface area contributed by atoms with Gasteiger partial charge in [0.2, 0.25) is 0 Å². The molecule has 3 atom stereocenters. The second-order valence-corrected chi connectivity index (χ2v) is 5.04. The average Bonchev–Trinajstić information content (AvgIpc) is 2.38. The van der Waals surface area contributed by atoms with Gasteiger partial charge in [0, 0.05) is 12.1 Å². The van der Waals surface area contributed by atoms with Crippen LogP contribution in [0.4, 0.5) is 4.39 Å². The van der Waals surface area contributed by atoms with Crippen LogP contribution in [0.3, 0.4) is 0 Å². The molecule has 0 radical (unpaired) electrons. The number of rotatable bonds is 3. The minimum absolute atomic E-state index is 0.218. The van der Waals surface area contributed by atoms with E-state index >= 15 is 0 Å². The predicted octanol–water partition coefficient (Wildman–Crippen LogP) is 3.22. The van der Waals surface area contributed by atoms with Crippen LogP contribution < -0.4 is 0 Å². The minimum Gasteiger partial charge on any atom is -0.481 e. The molecule has 0 bridgehead atoms. The zero-order valence-electron chi connectivity index (χ0n) is 10.5. The summed E-state index contributed by atoms with van der Waals surface area (Å²) in [4.78, 5) is 15.0. The van der Waals surface area contributed by atoms with Crippen LogP contribution in [-0.4, -0.2) is 16.1 Å². The Labute approximate surface area is 106 Å². The van der Waals surface area contributed by atoms with Crippen LogP contribution in [0, 0.1) is 17.7 Å². The number of pyridine rings is 1. The summed E-state index contributed by atoms with van der Waals surface area (Å²) in [6.07, 6.45) is 6.05. The van der Waals surface area contributed by atoms with Crippen molar-refractivity contribution in [2.75, 3.05) is 0 Å². The first-order valence-corrected chi connectivity index (χ1v) is 6.45. The standard InChI is InChI=1S/C14H18FNO2/c1-2-9-3-4-11(14(17)18)12(7-9)10-5-6-16-8-13(10)15/h5-6,8-9,11-12H,2-4,7H2,1H3,(H,17,18). The van der Waals surface area contributed by atoms with Crippen molar-refractivity contribution in [1.82, 2.24) is 4.98 Å². The van der Waals surface area contributed by atoms with Gasteiger partial charge in [-0.1, -0.05) is 13.3 Å². The Balaban J connectivity index is 2.30. The molecular formula is C14H18FNO2. The maximum Gasteiger partial charge on any atom is 0.307 e. The molecule has 1 aromatic rings. The zero-order chi connectivity index (χ0) is 13.1. The number of nitrogens with zero attached hydrogens (tertiary/aromatic N) is 1. The van der Waals surface area contributed by atoms with Gasteiger partial charge in [-0.2, -0.15) is 0 Å². The van der Waals surface area contributed by atoms with E-state index in [4.69, 9.17) is 0 Å². The Morgan fingerprint density at radius 3 is 2.94 bits per heavy atom. The molecule has 4 heteroatoms. The van der Waals surface area contributed by atoms with E-state index in [1.165, 1.54) is 12.4 Å². The largest absolute Gasteiger partial charge is 0.481 e. The quantitative estimate of drug-likeness (QED) is 0.897. The smallest absolute Gasteiger partial charge is 0.307 e. The summed E-state index contributed by atoms with van der Waals surface area (Å²) < 4.78 is 13.8. The van der Waals surface area contributed by atoms with Gasteiger partial charge in [0.15, 0.2) is 0 Å². The van der Waals surface area contributed by atoms with Crippen molar-refractivity contribution in [2.24, 2.45) is 11.8 Å². The molecule has 1 N–H and O–H groups in total. The van der Waals surface area contributed by atoms with Gasteiger partial charge < -0.3 is 5.11 Å². The maximum absolute atomic E-state index is 13.8. The lowest BCUT2D eigenvalue weighted by Crippen LogP contribution is -2.29. The van der Waals surface area contributed by atoms with Gasteiger partial charge in [-0.05, 0) is 36.8 Å². The van der Waals surface area contributed by atoms with Crippen molar-refractivity contribution in [1.29, 1.82) is 0 Å². The Bertz CT molecular complexity index is 436. The zero-order valence-corrected chi connectivity index (χ0v) is 10.5. The maximum atomic E-state index is 13.8. The second kappa shape index (κ2) is 5.46. The fraction of sp³-hybridized carbons (Fsp3) is 0.571. The Morgan fingerprint density at radius 1 is 1.56 bits per heavy atom. The lowest BCUT2D eigenvalue weighted by atomic mass is 9.70. The summed E-state index contributed by atoms with van der Waals surface area (Å²) >= 11 is 0. The first-order valence-electron chi connectivity index (χ1n) is 6.45. The van der Waals surface area contributed by atoms with Crippen molar-refractivity contribution in [3.05, 3.63) is 29.8 Å². The molecule has 0 saturated heterocycles. The van der Waals surface area contributed by atoms with Crippen LogP contribution in [0.15, 0.2) is 18.5 Å². The molecule has 0 aromatic carbocycles. The van der Waals surface area contributed by atoms with E-state index in [0.717, 1.165) is 19.3 Å². The van der Waals surface area contributed by atoms with Gasteiger partial charge >= 0.3 is 5.97 Å². The van der Waals surface area contributed by atoms with Gasteiger partial charge in [0.1, 0.15) is 5.82 Å². The van der Waals surface area contributed by atoms with Crippen molar-refractivity contribution < 1.29 is 14.3 Å². The monoisotopic (exact) mass is 251 g/mol.